The Morgan fingerprint density at radius 2 is 2.41 bits per heavy atom. The van der Waals surface area contributed by atoms with Gasteiger partial charge < -0.3 is 10.1 Å². The molecule has 3 unspecified atom stereocenters. The molecular weight excluding hydrogens is 230 g/mol. The lowest BCUT2D eigenvalue weighted by Crippen LogP contribution is -2.32. The molecule has 3 atom stereocenters. The number of hydrogen-bond acceptors (Lipinski definition) is 3. The molecule has 1 saturated heterocycles. The summed E-state index contributed by atoms with van der Waals surface area (Å²) in [6, 6.07) is 2.79. The highest BCUT2D eigenvalue weighted by Gasteiger charge is 2.32. The number of thiophene rings is 1. The standard InChI is InChI=1S/C14H23NOS/c1-4-6-15-14(12-8-10(2)17-9-12)13-5-7-16-11(13)3/h8-9,11,13-15H,4-7H2,1-3H3. The van der Waals surface area contributed by atoms with Gasteiger partial charge in [-0.3, -0.25) is 0 Å². The minimum Gasteiger partial charge on any atom is -0.378 e. The molecule has 2 heterocycles. The minimum atomic E-state index is 0.379. The molecule has 1 fully saturated rings. The van der Waals surface area contributed by atoms with Gasteiger partial charge >= 0.3 is 0 Å². The molecule has 0 aromatic carbocycles. The Morgan fingerprint density at radius 1 is 1.59 bits per heavy atom. The molecule has 96 valence electrons. The van der Waals surface area contributed by atoms with Crippen molar-refractivity contribution in [1.82, 2.24) is 5.32 Å². The van der Waals surface area contributed by atoms with Gasteiger partial charge in [0.05, 0.1) is 6.10 Å². The lowest BCUT2D eigenvalue weighted by Gasteiger charge is -2.26. The van der Waals surface area contributed by atoms with Crippen LogP contribution in [0.5, 0.6) is 0 Å². The third kappa shape index (κ3) is 3.09. The van der Waals surface area contributed by atoms with Crippen molar-refractivity contribution >= 4 is 11.3 Å². The smallest absolute Gasteiger partial charge is 0.0594 e. The van der Waals surface area contributed by atoms with Crippen LogP contribution in [0.15, 0.2) is 11.4 Å². The van der Waals surface area contributed by atoms with Crippen molar-refractivity contribution in [2.45, 2.75) is 45.8 Å². The number of nitrogens with one attached hydrogen (secondary N) is 1. The van der Waals surface area contributed by atoms with E-state index in [2.05, 4.69) is 37.5 Å². The van der Waals surface area contributed by atoms with E-state index in [0.717, 1.165) is 13.2 Å². The Kier molecular flexibility index (Phi) is 4.60. The molecule has 2 nitrogen and oxygen atoms in total. The first kappa shape index (κ1) is 13.1. The molecule has 0 saturated carbocycles. The molecule has 0 amide bonds. The van der Waals surface area contributed by atoms with Crippen molar-refractivity contribution in [1.29, 1.82) is 0 Å². The van der Waals surface area contributed by atoms with Crippen LogP contribution in [0.3, 0.4) is 0 Å². The Labute approximate surface area is 108 Å². The molecule has 0 radical (unpaired) electrons. The molecule has 1 aromatic rings. The zero-order valence-electron chi connectivity index (χ0n) is 11.0. The molecule has 1 aliphatic rings. The maximum atomic E-state index is 5.72. The summed E-state index contributed by atoms with van der Waals surface area (Å²) in [6.07, 6.45) is 2.74. The fourth-order valence-electron chi connectivity index (χ4n) is 2.63. The zero-order chi connectivity index (χ0) is 12.3. The minimum absolute atomic E-state index is 0.379. The van der Waals surface area contributed by atoms with Gasteiger partial charge in [-0.1, -0.05) is 6.92 Å². The molecular formula is C14H23NOS. The second kappa shape index (κ2) is 5.98. The summed E-state index contributed by atoms with van der Waals surface area (Å²) < 4.78 is 5.72. The van der Waals surface area contributed by atoms with Crippen molar-refractivity contribution in [3.05, 3.63) is 21.9 Å². The Bertz CT molecular complexity index is 350. The van der Waals surface area contributed by atoms with Crippen LogP contribution >= 0.6 is 11.3 Å². The first-order chi connectivity index (χ1) is 8.22. The fourth-order valence-corrected chi connectivity index (χ4v) is 3.37. The van der Waals surface area contributed by atoms with Gasteiger partial charge in [0.2, 0.25) is 0 Å². The van der Waals surface area contributed by atoms with E-state index in [4.69, 9.17) is 4.74 Å². The van der Waals surface area contributed by atoms with Crippen LogP contribution in [0.4, 0.5) is 0 Å². The third-order valence-corrected chi connectivity index (χ3v) is 4.47. The third-order valence-electron chi connectivity index (χ3n) is 3.59. The van der Waals surface area contributed by atoms with Gasteiger partial charge in [-0.15, -0.1) is 11.3 Å². The molecule has 3 heteroatoms. The predicted molar refractivity (Wildman–Crippen MR) is 73.6 cm³/mol. The molecule has 1 aromatic heterocycles. The van der Waals surface area contributed by atoms with E-state index in [9.17, 15) is 0 Å². The van der Waals surface area contributed by atoms with E-state index in [-0.39, 0.29) is 0 Å². The average Bonchev–Trinajstić information content (AvgIpc) is 2.90. The fraction of sp³-hybridized carbons (Fsp3) is 0.714. The largest absolute Gasteiger partial charge is 0.378 e. The van der Waals surface area contributed by atoms with E-state index in [0.29, 0.717) is 18.1 Å². The first-order valence-electron chi connectivity index (χ1n) is 6.62. The van der Waals surface area contributed by atoms with Gasteiger partial charge in [0.1, 0.15) is 0 Å². The highest BCUT2D eigenvalue weighted by Crippen LogP contribution is 2.34. The number of hydrogen-bond donors (Lipinski definition) is 1. The highest BCUT2D eigenvalue weighted by molar-refractivity contribution is 7.10. The summed E-state index contributed by atoms with van der Waals surface area (Å²) in [5.74, 6) is 0.621. The van der Waals surface area contributed by atoms with Gasteiger partial charge in [-0.05, 0) is 50.2 Å². The van der Waals surface area contributed by atoms with E-state index >= 15 is 0 Å². The van der Waals surface area contributed by atoms with Crippen molar-refractivity contribution in [3.63, 3.8) is 0 Å². The van der Waals surface area contributed by atoms with Crippen LogP contribution in [-0.2, 0) is 4.74 Å². The second-order valence-corrected chi connectivity index (χ2v) is 6.07. The van der Waals surface area contributed by atoms with Gasteiger partial charge in [0.25, 0.3) is 0 Å². The molecule has 17 heavy (non-hydrogen) atoms. The topological polar surface area (TPSA) is 21.3 Å². The maximum Gasteiger partial charge on any atom is 0.0594 e. The van der Waals surface area contributed by atoms with Crippen LogP contribution in [0.25, 0.3) is 0 Å². The van der Waals surface area contributed by atoms with E-state index in [1.165, 1.54) is 23.3 Å². The van der Waals surface area contributed by atoms with Gasteiger partial charge in [0.15, 0.2) is 0 Å². The predicted octanol–water partition coefficient (Wildman–Crippen LogP) is 3.52. The zero-order valence-corrected chi connectivity index (χ0v) is 11.8. The SMILES string of the molecule is CCCNC(c1csc(C)c1)C1CCOC1C. The summed E-state index contributed by atoms with van der Waals surface area (Å²) in [6.45, 7) is 8.61. The molecule has 0 aliphatic carbocycles. The number of rotatable bonds is 5. The quantitative estimate of drug-likeness (QED) is 0.867. The molecule has 0 bridgehead atoms. The normalized spacial score (nSPS) is 26.3. The van der Waals surface area contributed by atoms with Gasteiger partial charge in [0, 0.05) is 23.4 Å². The van der Waals surface area contributed by atoms with Gasteiger partial charge in [-0.2, -0.15) is 0 Å². The highest BCUT2D eigenvalue weighted by atomic mass is 32.1. The molecule has 2 rings (SSSR count). The van der Waals surface area contributed by atoms with E-state index in [1.54, 1.807) is 0 Å². The van der Waals surface area contributed by atoms with Crippen LogP contribution in [0.1, 0.15) is 43.2 Å². The van der Waals surface area contributed by atoms with Crippen LogP contribution in [0, 0.1) is 12.8 Å². The van der Waals surface area contributed by atoms with E-state index in [1.807, 2.05) is 11.3 Å². The summed E-state index contributed by atoms with van der Waals surface area (Å²) in [5, 5.41) is 6.00. The number of ether oxygens (including phenoxy) is 1. The molecule has 1 N–H and O–H groups in total. The lowest BCUT2D eigenvalue weighted by molar-refractivity contribution is 0.0954. The lowest BCUT2D eigenvalue weighted by atomic mass is 9.89. The summed E-state index contributed by atoms with van der Waals surface area (Å²) >= 11 is 1.85. The van der Waals surface area contributed by atoms with Crippen molar-refractivity contribution in [3.8, 4) is 0 Å². The number of aryl methyl sites for hydroxylation is 1. The van der Waals surface area contributed by atoms with Crippen molar-refractivity contribution in [2.24, 2.45) is 5.92 Å². The van der Waals surface area contributed by atoms with E-state index < -0.39 is 0 Å². The monoisotopic (exact) mass is 253 g/mol. The summed E-state index contributed by atoms with van der Waals surface area (Å²) in [4.78, 5) is 1.40. The van der Waals surface area contributed by atoms with Crippen molar-refractivity contribution < 1.29 is 4.74 Å². The maximum absolute atomic E-state index is 5.72. The Hall–Kier alpha value is -0.380. The summed E-state index contributed by atoms with van der Waals surface area (Å²) in [7, 11) is 0. The second-order valence-electron chi connectivity index (χ2n) is 4.95. The average molecular weight is 253 g/mol. The van der Waals surface area contributed by atoms with Gasteiger partial charge in [-0.25, -0.2) is 0 Å². The van der Waals surface area contributed by atoms with Crippen LogP contribution in [-0.4, -0.2) is 19.3 Å². The Balaban J connectivity index is 2.12. The van der Waals surface area contributed by atoms with Crippen LogP contribution < -0.4 is 5.32 Å². The van der Waals surface area contributed by atoms with Crippen molar-refractivity contribution in [2.75, 3.05) is 13.2 Å². The Morgan fingerprint density at radius 3 is 2.94 bits per heavy atom. The summed E-state index contributed by atoms with van der Waals surface area (Å²) in [5.41, 5.74) is 1.45. The van der Waals surface area contributed by atoms with Crippen LogP contribution in [0.2, 0.25) is 0 Å². The molecule has 0 spiro atoms. The first-order valence-corrected chi connectivity index (χ1v) is 7.50. The molecule has 1 aliphatic heterocycles.